The summed E-state index contributed by atoms with van der Waals surface area (Å²) in [6.45, 7) is 2.16. The van der Waals surface area contributed by atoms with Crippen LogP contribution in [0.15, 0.2) is 56.6 Å². The Labute approximate surface area is 184 Å². The van der Waals surface area contributed by atoms with Crippen LogP contribution in [0.25, 0.3) is 11.0 Å². The van der Waals surface area contributed by atoms with Gasteiger partial charge in [0.05, 0.1) is 18.1 Å². The molecule has 1 aromatic heterocycles. The van der Waals surface area contributed by atoms with Crippen LogP contribution in [0.2, 0.25) is 0 Å². The van der Waals surface area contributed by atoms with Crippen molar-refractivity contribution in [3.63, 3.8) is 0 Å². The fourth-order valence-corrected chi connectivity index (χ4v) is 4.41. The molecule has 0 amide bonds. The minimum atomic E-state index is -3.98. The number of benzene rings is 2. The molecule has 0 saturated heterocycles. The fourth-order valence-electron chi connectivity index (χ4n) is 3.28. The first-order valence-electron chi connectivity index (χ1n) is 9.85. The Morgan fingerprint density at radius 3 is 2.59 bits per heavy atom. The van der Waals surface area contributed by atoms with E-state index in [1.807, 2.05) is 0 Å². The number of ether oxygens (including phenoxy) is 3. The number of rotatable bonds is 5. The third-order valence-corrected chi connectivity index (χ3v) is 6.73. The standard InChI is InChI=1S/C22H21NO8S/c1-14-10-21(24)31-19-11-15(4-6-17(14)19)30-22(25)13-23(2)32(26,27)16-5-7-18-20(12-16)29-9-3-8-28-18/h4-7,10-12H,3,8-9,13H2,1-2H3. The number of nitrogens with zero attached hydrogens (tertiary/aromatic N) is 1. The summed E-state index contributed by atoms with van der Waals surface area (Å²) in [7, 11) is -2.70. The van der Waals surface area contributed by atoms with Crippen LogP contribution in [-0.2, 0) is 14.8 Å². The maximum Gasteiger partial charge on any atom is 0.336 e. The topological polar surface area (TPSA) is 112 Å². The van der Waals surface area contributed by atoms with Crippen LogP contribution in [0.4, 0.5) is 0 Å². The molecule has 2 aromatic carbocycles. The molecule has 9 nitrogen and oxygen atoms in total. The van der Waals surface area contributed by atoms with Crippen LogP contribution >= 0.6 is 0 Å². The largest absolute Gasteiger partial charge is 0.490 e. The third kappa shape index (κ3) is 4.46. The molecule has 1 aliphatic heterocycles. The van der Waals surface area contributed by atoms with E-state index in [0.717, 1.165) is 9.87 Å². The van der Waals surface area contributed by atoms with Gasteiger partial charge in [0.1, 0.15) is 17.9 Å². The van der Waals surface area contributed by atoms with Gasteiger partial charge in [0, 0.05) is 37.1 Å². The number of sulfonamides is 1. The van der Waals surface area contributed by atoms with Crippen molar-refractivity contribution >= 4 is 27.0 Å². The molecule has 32 heavy (non-hydrogen) atoms. The number of likely N-dealkylation sites (N-methyl/N-ethyl adjacent to an activating group) is 1. The lowest BCUT2D eigenvalue weighted by Crippen LogP contribution is -2.34. The van der Waals surface area contributed by atoms with E-state index in [1.165, 1.54) is 37.4 Å². The van der Waals surface area contributed by atoms with Gasteiger partial charge in [-0.25, -0.2) is 13.2 Å². The average molecular weight is 459 g/mol. The van der Waals surface area contributed by atoms with Crippen molar-refractivity contribution in [3.8, 4) is 17.2 Å². The highest BCUT2D eigenvalue weighted by atomic mass is 32.2. The third-order valence-electron chi connectivity index (χ3n) is 4.93. The summed E-state index contributed by atoms with van der Waals surface area (Å²) in [5.74, 6) is 0.159. The summed E-state index contributed by atoms with van der Waals surface area (Å²) in [6.07, 6.45) is 0.695. The number of carbonyl (C=O) groups excluding carboxylic acids is 1. The van der Waals surface area contributed by atoms with Gasteiger partial charge in [-0.15, -0.1) is 0 Å². The lowest BCUT2D eigenvalue weighted by atomic mass is 10.1. The molecule has 0 N–H and O–H groups in total. The van der Waals surface area contributed by atoms with Crippen molar-refractivity contribution in [3.05, 3.63) is 58.4 Å². The molecule has 10 heteroatoms. The summed E-state index contributed by atoms with van der Waals surface area (Å²) in [5.41, 5.74) is 0.489. The normalized spacial score (nSPS) is 13.7. The highest BCUT2D eigenvalue weighted by molar-refractivity contribution is 7.89. The molecular weight excluding hydrogens is 438 g/mol. The fraction of sp³-hybridized carbons (Fsp3) is 0.273. The predicted octanol–water partition coefficient (Wildman–Crippen LogP) is 2.49. The van der Waals surface area contributed by atoms with E-state index < -0.39 is 28.2 Å². The van der Waals surface area contributed by atoms with E-state index in [1.54, 1.807) is 19.1 Å². The number of aryl methyl sites for hydroxylation is 1. The van der Waals surface area contributed by atoms with Gasteiger partial charge in [-0.05, 0) is 36.8 Å². The second-order valence-electron chi connectivity index (χ2n) is 7.30. The second-order valence-corrected chi connectivity index (χ2v) is 9.35. The number of esters is 1. The van der Waals surface area contributed by atoms with Crippen LogP contribution in [0.5, 0.6) is 17.2 Å². The van der Waals surface area contributed by atoms with E-state index in [4.69, 9.17) is 18.6 Å². The van der Waals surface area contributed by atoms with E-state index in [-0.39, 0.29) is 16.2 Å². The van der Waals surface area contributed by atoms with Crippen LogP contribution < -0.4 is 19.8 Å². The Morgan fingerprint density at radius 2 is 1.81 bits per heavy atom. The van der Waals surface area contributed by atoms with Crippen molar-refractivity contribution < 1.29 is 31.8 Å². The molecule has 1 aliphatic rings. The first-order valence-corrected chi connectivity index (χ1v) is 11.3. The zero-order valence-corrected chi connectivity index (χ0v) is 18.3. The lowest BCUT2D eigenvalue weighted by Gasteiger charge is -2.17. The Morgan fingerprint density at radius 1 is 1.06 bits per heavy atom. The molecule has 0 bridgehead atoms. The highest BCUT2D eigenvalue weighted by Gasteiger charge is 2.26. The second kappa shape index (κ2) is 8.64. The van der Waals surface area contributed by atoms with Crippen LogP contribution in [0, 0.1) is 6.92 Å². The summed E-state index contributed by atoms with van der Waals surface area (Å²) in [5, 5.41) is 0.707. The molecule has 0 radical (unpaired) electrons. The van der Waals surface area contributed by atoms with Gasteiger partial charge >= 0.3 is 11.6 Å². The zero-order valence-electron chi connectivity index (χ0n) is 17.5. The van der Waals surface area contributed by atoms with Crippen molar-refractivity contribution in [1.82, 2.24) is 4.31 Å². The van der Waals surface area contributed by atoms with E-state index >= 15 is 0 Å². The molecule has 3 aromatic rings. The summed E-state index contributed by atoms with van der Waals surface area (Å²) in [6, 6.07) is 10.3. The Hall–Kier alpha value is -3.37. The first-order chi connectivity index (χ1) is 15.2. The van der Waals surface area contributed by atoms with Gasteiger partial charge in [0.25, 0.3) is 0 Å². The number of hydrogen-bond acceptors (Lipinski definition) is 8. The molecule has 168 valence electrons. The molecule has 0 fully saturated rings. The van der Waals surface area contributed by atoms with Crippen molar-refractivity contribution in [2.24, 2.45) is 0 Å². The number of hydrogen-bond donors (Lipinski definition) is 0. The molecule has 2 heterocycles. The monoisotopic (exact) mass is 459 g/mol. The van der Waals surface area contributed by atoms with Crippen LogP contribution in [0.3, 0.4) is 0 Å². The summed E-state index contributed by atoms with van der Waals surface area (Å²) in [4.78, 5) is 23.9. The Balaban J connectivity index is 1.49. The summed E-state index contributed by atoms with van der Waals surface area (Å²) >= 11 is 0. The molecule has 0 aliphatic carbocycles. The number of fused-ring (bicyclic) bond motifs is 2. The Kier molecular flexibility index (Phi) is 5.90. The summed E-state index contributed by atoms with van der Waals surface area (Å²) < 4.78 is 48.2. The molecule has 0 atom stereocenters. The van der Waals surface area contributed by atoms with Crippen molar-refractivity contribution in [1.29, 1.82) is 0 Å². The average Bonchev–Trinajstić information content (AvgIpc) is 2.98. The molecule has 4 rings (SSSR count). The van der Waals surface area contributed by atoms with E-state index in [0.29, 0.717) is 36.5 Å². The Bertz CT molecular complexity index is 1350. The minimum Gasteiger partial charge on any atom is -0.490 e. The van der Waals surface area contributed by atoms with Crippen molar-refractivity contribution in [2.45, 2.75) is 18.2 Å². The van der Waals surface area contributed by atoms with Gasteiger partial charge in [0.15, 0.2) is 11.5 Å². The van der Waals surface area contributed by atoms with Crippen LogP contribution in [0.1, 0.15) is 12.0 Å². The SMILES string of the molecule is Cc1cc(=O)oc2cc(OC(=O)CN(C)S(=O)(=O)c3ccc4c(c3)OCCCO4)ccc12. The zero-order chi connectivity index (χ0) is 22.9. The van der Waals surface area contributed by atoms with E-state index in [9.17, 15) is 18.0 Å². The molecular formula is C22H21NO8S. The predicted molar refractivity (Wildman–Crippen MR) is 115 cm³/mol. The molecule has 0 spiro atoms. The van der Waals surface area contributed by atoms with Crippen LogP contribution in [-0.4, -0.2) is 45.5 Å². The van der Waals surface area contributed by atoms with Gasteiger partial charge in [0.2, 0.25) is 10.0 Å². The maximum atomic E-state index is 12.9. The minimum absolute atomic E-state index is 0.0278. The molecule has 0 saturated carbocycles. The smallest absolute Gasteiger partial charge is 0.336 e. The maximum absolute atomic E-state index is 12.9. The first kappa shape index (κ1) is 21.8. The van der Waals surface area contributed by atoms with Gasteiger partial charge in [-0.1, -0.05) is 0 Å². The molecule has 0 unspecified atom stereocenters. The van der Waals surface area contributed by atoms with Gasteiger partial charge in [-0.3, -0.25) is 4.79 Å². The number of carbonyl (C=O) groups is 1. The van der Waals surface area contributed by atoms with Gasteiger partial charge < -0.3 is 18.6 Å². The van der Waals surface area contributed by atoms with E-state index in [2.05, 4.69) is 0 Å². The van der Waals surface area contributed by atoms with Crippen molar-refractivity contribution in [2.75, 3.05) is 26.8 Å². The highest BCUT2D eigenvalue weighted by Crippen LogP contribution is 2.32. The quantitative estimate of drug-likeness (QED) is 0.325. The lowest BCUT2D eigenvalue weighted by molar-refractivity contribution is -0.134. The van der Waals surface area contributed by atoms with Gasteiger partial charge in [-0.2, -0.15) is 4.31 Å².